The maximum Gasteiger partial charge on any atom is 0.408 e. The van der Waals surface area contributed by atoms with Gasteiger partial charge in [0, 0.05) is 25.7 Å². The van der Waals surface area contributed by atoms with E-state index in [1.54, 1.807) is 4.90 Å². The van der Waals surface area contributed by atoms with Gasteiger partial charge in [0.05, 0.1) is 18.2 Å². The molecule has 1 saturated carbocycles. The number of rotatable bonds is 2. The fraction of sp³-hybridized carbons (Fsp3) is 0.882. The normalized spacial score (nSPS) is 35.2. The van der Waals surface area contributed by atoms with Crippen molar-refractivity contribution in [1.82, 2.24) is 20.0 Å². The first-order valence-electron chi connectivity index (χ1n) is 9.47. The molecule has 3 heterocycles. The maximum absolute atomic E-state index is 12.4. The van der Waals surface area contributed by atoms with Gasteiger partial charge in [-0.05, 0) is 38.5 Å². The van der Waals surface area contributed by atoms with Crippen molar-refractivity contribution in [3.8, 4) is 0 Å². The number of fused-ring (bicyclic) bond motifs is 1. The molecular formula is C17H28N4O3. The van der Waals surface area contributed by atoms with Crippen molar-refractivity contribution < 1.29 is 14.7 Å². The number of amides is 3. The van der Waals surface area contributed by atoms with Crippen LogP contribution >= 0.6 is 0 Å². The molecule has 134 valence electrons. The van der Waals surface area contributed by atoms with Gasteiger partial charge in [0.2, 0.25) is 0 Å². The molecule has 4 rings (SSSR count). The van der Waals surface area contributed by atoms with Crippen LogP contribution in [0, 0.1) is 0 Å². The predicted molar refractivity (Wildman–Crippen MR) is 88.8 cm³/mol. The second-order valence-electron chi connectivity index (χ2n) is 7.68. The third kappa shape index (κ3) is 2.72. The zero-order valence-electron chi connectivity index (χ0n) is 14.2. The molecule has 7 nitrogen and oxygen atoms in total. The molecule has 0 bridgehead atoms. The molecule has 2 N–H and O–H groups in total. The Morgan fingerprint density at radius 2 is 1.75 bits per heavy atom. The summed E-state index contributed by atoms with van der Waals surface area (Å²) >= 11 is 0. The second-order valence-corrected chi connectivity index (χ2v) is 7.68. The number of carboxylic acid groups (broad SMARTS) is 1. The zero-order chi connectivity index (χ0) is 16.7. The van der Waals surface area contributed by atoms with E-state index < -0.39 is 6.09 Å². The van der Waals surface area contributed by atoms with Crippen LogP contribution in [-0.4, -0.2) is 75.9 Å². The SMILES string of the molecule is O=C(O)N1CCCC1N1CCC(N2C(=O)N[C@H]3CCCC[C@@H]32)CC1. The molecule has 4 aliphatic rings. The molecule has 24 heavy (non-hydrogen) atoms. The van der Waals surface area contributed by atoms with Crippen LogP contribution in [0.3, 0.4) is 0 Å². The lowest BCUT2D eigenvalue weighted by Crippen LogP contribution is -2.54. The standard InChI is InChI=1S/C17H28N4O3/c22-16-18-13-4-1-2-5-14(13)21(16)12-7-10-19(11-8-12)15-6-3-9-20(15)17(23)24/h12-15H,1-11H2,(H,18,22)(H,23,24)/t13-,14-,15?/m0/s1. The van der Waals surface area contributed by atoms with E-state index in [1.807, 2.05) is 0 Å². The number of hydrogen-bond donors (Lipinski definition) is 2. The summed E-state index contributed by atoms with van der Waals surface area (Å²) in [5.41, 5.74) is 0. The highest BCUT2D eigenvalue weighted by atomic mass is 16.4. The van der Waals surface area contributed by atoms with Crippen LogP contribution in [0.25, 0.3) is 0 Å². The van der Waals surface area contributed by atoms with Gasteiger partial charge in [-0.3, -0.25) is 9.80 Å². The lowest BCUT2D eigenvalue weighted by molar-refractivity contribution is 0.0325. The van der Waals surface area contributed by atoms with Crippen molar-refractivity contribution in [1.29, 1.82) is 0 Å². The molecule has 3 atom stereocenters. The van der Waals surface area contributed by atoms with Crippen molar-refractivity contribution in [3.05, 3.63) is 0 Å². The number of carbonyl (C=O) groups is 2. The zero-order valence-corrected chi connectivity index (χ0v) is 14.2. The molecule has 3 aliphatic heterocycles. The molecule has 7 heteroatoms. The van der Waals surface area contributed by atoms with Crippen LogP contribution < -0.4 is 5.32 Å². The van der Waals surface area contributed by atoms with E-state index in [4.69, 9.17) is 0 Å². The van der Waals surface area contributed by atoms with Gasteiger partial charge in [-0.1, -0.05) is 12.8 Å². The fourth-order valence-corrected chi connectivity index (χ4v) is 5.25. The summed E-state index contributed by atoms with van der Waals surface area (Å²) in [7, 11) is 0. The largest absolute Gasteiger partial charge is 0.465 e. The Kier molecular flexibility index (Phi) is 4.28. The summed E-state index contributed by atoms with van der Waals surface area (Å²) < 4.78 is 0. The first-order chi connectivity index (χ1) is 11.6. The van der Waals surface area contributed by atoms with Gasteiger partial charge >= 0.3 is 12.1 Å². The molecule has 0 aromatic heterocycles. The number of piperidine rings is 1. The van der Waals surface area contributed by atoms with E-state index >= 15 is 0 Å². The number of nitrogens with one attached hydrogen (secondary N) is 1. The summed E-state index contributed by atoms with van der Waals surface area (Å²) in [4.78, 5) is 29.8. The van der Waals surface area contributed by atoms with E-state index in [2.05, 4.69) is 15.1 Å². The molecule has 0 aromatic carbocycles. The lowest BCUT2D eigenvalue weighted by atomic mass is 9.89. The van der Waals surface area contributed by atoms with Crippen molar-refractivity contribution in [2.45, 2.75) is 75.7 Å². The molecule has 0 spiro atoms. The minimum absolute atomic E-state index is 0.0401. The number of carbonyl (C=O) groups excluding carboxylic acids is 1. The van der Waals surface area contributed by atoms with Crippen molar-refractivity contribution in [3.63, 3.8) is 0 Å². The molecule has 1 unspecified atom stereocenters. The van der Waals surface area contributed by atoms with Crippen LogP contribution in [0.2, 0.25) is 0 Å². The monoisotopic (exact) mass is 336 g/mol. The van der Waals surface area contributed by atoms with E-state index in [-0.39, 0.29) is 12.2 Å². The predicted octanol–water partition coefficient (Wildman–Crippen LogP) is 1.89. The van der Waals surface area contributed by atoms with Gasteiger partial charge < -0.3 is 15.3 Å². The Hall–Kier alpha value is -1.50. The minimum Gasteiger partial charge on any atom is -0.465 e. The Labute approximate surface area is 143 Å². The smallest absolute Gasteiger partial charge is 0.408 e. The van der Waals surface area contributed by atoms with Crippen molar-refractivity contribution in [2.75, 3.05) is 19.6 Å². The van der Waals surface area contributed by atoms with E-state index in [0.29, 0.717) is 24.7 Å². The topological polar surface area (TPSA) is 76.1 Å². The lowest BCUT2D eigenvalue weighted by Gasteiger charge is -2.43. The Morgan fingerprint density at radius 1 is 1.00 bits per heavy atom. The van der Waals surface area contributed by atoms with Gasteiger partial charge in [0.15, 0.2) is 0 Å². The summed E-state index contributed by atoms with van der Waals surface area (Å²) in [6.45, 7) is 2.43. The number of likely N-dealkylation sites (tertiary alicyclic amines) is 2. The molecule has 0 radical (unpaired) electrons. The number of nitrogens with zero attached hydrogens (tertiary/aromatic N) is 3. The average Bonchev–Trinajstić information content (AvgIpc) is 3.18. The van der Waals surface area contributed by atoms with Gasteiger partial charge in [-0.25, -0.2) is 9.59 Å². The third-order valence-electron chi connectivity index (χ3n) is 6.41. The number of hydrogen-bond acceptors (Lipinski definition) is 3. The van der Waals surface area contributed by atoms with Crippen LogP contribution in [-0.2, 0) is 0 Å². The van der Waals surface area contributed by atoms with Crippen LogP contribution in [0.15, 0.2) is 0 Å². The third-order valence-corrected chi connectivity index (χ3v) is 6.41. The first-order valence-corrected chi connectivity index (χ1v) is 9.47. The summed E-state index contributed by atoms with van der Waals surface area (Å²) in [5, 5.41) is 12.5. The summed E-state index contributed by atoms with van der Waals surface area (Å²) in [6, 6.07) is 1.17. The molecule has 0 aromatic rings. The van der Waals surface area contributed by atoms with E-state index in [9.17, 15) is 14.7 Å². The molecular weight excluding hydrogens is 308 g/mol. The highest BCUT2D eigenvalue weighted by molar-refractivity contribution is 5.78. The molecule has 4 fully saturated rings. The molecule has 1 aliphatic carbocycles. The van der Waals surface area contributed by atoms with Crippen LogP contribution in [0.1, 0.15) is 51.4 Å². The Balaban J connectivity index is 1.37. The average molecular weight is 336 g/mol. The quantitative estimate of drug-likeness (QED) is 0.807. The second kappa shape index (κ2) is 6.43. The van der Waals surface area contributed by atoms with Gasteiger partial charge in [0.25, 0.3) is 0 Å². The summed E-state index contributed by atoms with van der Waals surface area (Å²) in [6.07, 6.45) is 7.73. The minimum atomic E-state index is -0.802. The Morgan fingerprint density at radius 3 is 2.50 bits per heavy atom. The van der Waals surface area contributed by atoms with Gasteiger partial charge in [-0.2, -0.15) is 0 Å². The first kappa shape index (κ1) is 16.0. The highest BCUT2D eigenvalue weighted by Crippen LogP contribution is 2.33. The highest BCUT2D eigenvalue weighted by Gasteiger charge is 2.45. The van der Waals surface area contributed by atoms with Crippen molar-refractivity contribution >= 4 is 12.1 Å². The van der Waals surface area contributed by atoms with Crippen LogP contribution in [0.5, 0.6) is 0 Å². The fourth-order valence-electron chi connectivity index (χ4n) is 5.25. The molecule has 3 saturated heterocycles. The molecule has 3 amide bonds. The van der Waals surface area contributed by atoms with E-state index in [1.165, 1.54) is 12.8 Å². The maximum atomic E-state index is 12.4. The van der Waals surface area contributed by atoms with E-state index in [0.717, 1.165) is 51.6 Å². The summed E-state index contributed by atoms with van der Waals surface area (Å²) in [5.74, 6) is 0. The van der Waals surface area contributed by atoms with Crippen molar-refractivity contribution in [2.24, 2.45) is 0 Å². The van der Waals surface area contributed by atoms with Crippen LogP contribution in [0.4, 0.5) is 9.59 Å². The Bertz CT molecular complexity index is 506. The van der Waals surface area contributed by atoms with Gasteiger partial charge in [-0.15, -0.1) is 0 Å². The number of urea groups is 1. The van der Waals surface area contributed by atoms with Gasteiger partial charge in [0.1, 0.15) is 0 Å².